The number of nitrogens with zero attached hydrogens (tertiary/aromatic N) is 2. The molecule has 1 fully saturated rings. The second-order valence-corrected chi connectivity index (χ2v) is 12.3. The summed E-state index contributed by atoms with van der Waals surface area (Å²) in [6, 6.07) is 18.0. The van der Waals surface area contributed by atoms with Crippen molar-refractivity contribution >= 4 is 33.7 Å². The van der Waals surface area contributed by atoms with E-state index in [1.165, 1.54) is 45.1 Å². The van der Waals surface area contributed by atoms with Crippen LogP contribution in [0.2, 0.25) is 0 Å². The molecule has 1 saturated carbocycles. The summed E-state index contributed by atoms with van der Waals surface area (Å²) >= 11 is 0. The molecule has 2 N–H and O–H groups in total. The number of ether oxygens (including phenoxy) is 3. The maximum absolute atomic E-state index is 13.7. The van der Waals surface area contributed by atoms with Gasteiger partial charge in [-0.3, -0.25) is 13.9 Å². The maximum Gasteiger partial charge on any atom is 0.264 e. The second-order valence-electron chi connectivity index (χ2n) is 10.4. The number of rotatable bonds is 13. The first-order chi connectivity index (χ1) is 21.2. The normalized spacial score (nSPS) is 13.7. The lowest BCUT2D eigenvalue weighted by Crippen LogP contribution is -2.39. The Kier molecular flexibility index (Phi) is 11.2. The molecule has 3 aromatic rings. The van der Waals surface area contributed by atoms with Crippen molar-refractivity contribution in [3.63, 3.8) is 0 Å². The van der Waals surface area contributed by atoms with E-state index in [-0.39, 0.29) is 34.9 Å². The molecule has 44 heavy (non-hydrogen) atoms. The Hall–Kier alpha value is -4.58. The van der Waals surface area contributed by atoms with Crippen LogP contribution in [0.15, 0.2) is 76.7 Å². The summed E-state index contributed by atoms with van der Waals surface area (Å²) in [5.74, 6) is 0.390. The molecule has 0 aromatic heterocycles. The van der Waals surface area contributed by atoms with Gasteiger partial charge in [-0.2, -0.15) is 5.10 Å². The van der Waals surface area contributed by atoms with Crippen molar-refractivity contribution < 1.29 is 32.2 Å². The maximum atomic E-state index is 13.7. The van der Waals surface area contributed by atoms with Crippen molar-refractivity contribution in [3.05, 3.63) is 77.9 Å². The van der Waals surface area contributed by atoms with E-state index in [9.17, 15) is 18.0 Å². The number of amides is 2. The fraction of sp³-hybridized carbons (Fsp3) is 0.344. The molecular weight excluding hydrogens is 584 g/mol. The lowest BCUT2D eigenvalue weighted by molar-refractivity contribution is -0.124. The summed E-state index contributed by atoms with van der Waals surface area (Å²) in [4.78, 5) is 25.2. The average molecular weight is 623 g/mol. The third-order valence-electron chi connectivity index (χ3n) is 7.17. The minimum Gasteiger partial charge on any atom is -0.497 e. The number of hydrogen-bond donors (Lipinski definition) is 2. The number of nitrogens with one attached hydrogen (secondary N) is 2. The molecule has 11 nitrogen and oxygen atoms in total. The van der Waals surface area contributed by atoms with Gasteiger partial charge >= 0.3 is 0 Å². The van der Waals surface area contributed by atoms with Gasteiger partial charge in [0.25, 0.3) is 21.8 Å². The third kappa shape index (κ3) is 8.73. The van der Waals surface area contributed by atoms with Crippen LogP contribution < -0.4 is 29.3 Å². The third-order valence-corrected chi connectivity index (χ3v) is 8.95. The first kappa shape index (κ1) is 32.3. The van der Waals surface area contributed by atoms with Crippen LogP contribution in [0.5, 0.6) is 17.2 Å². The predicted molar refractivity (Wildman–Crippen MR) is 168 cm³/mol. The Bertz CT molecular complexity index is 1550. The zero-order valence-corrected chi connectivity index (χ0v) is 25.9. The molecule has 0 spiro atoms. The average Bonchev–Trinajstić information content (AvgIpc) is 3.03. The van der Waals surface area contributed by atoms with Crippen LogP contribution in [-0.2, 0) is 19.6 Å². The summed E-state index contributed by atoms with van der Waals surface area (Å²) in [6.07, 6.45) is 6.92. The highest BCUT2D eigenvalue weighted by Crippen LogP contribution is 2.35. The van der Waals surface area contributed by atoms with E-state index in [2.05, 4.69) is 15.8 Å². The molecule has 12 heteroatoms. The largest absolute Gasteiger partial charge is 0.497 e. The first-order valence-corrected chi connectivity index (χ1v) is 15.8. The highest BCUT2D eigenvalue weighted by Gasteiger charge is 2.29. The van der Waals surface area contributed by atoms with Crippen molar-refractivity contribution in [2.75, 3.05) is 31.7 Å². The van der Waals surface area contributed by atoms with E-state index < -0.39 is 22.5 Å². The standard InChI is InChI=1S/C32H38N4O7S/c1-23-9-16-28(17-10-23)44(39,40)36(29-18-15-27(41-2)19-30(29)42-3)21-31(37)35-33-20-24-11-13-26(14-12-24)43-22-32(38)34-25-7-5-4-6-8-25/h9-20,25H,4-8,21-22H2,1-3H3,(H,34,38)(H,35,37)/b33-20-. The minimum absolute atomic E-state index is 0.0195. The Balaban J connectivity index is 1.40. The van der Waals surface area contributed by atoms with Gasteiger partial charge in [0.2, 0.25) is 0 Å². The fourth-order valence-electron chi connectivity index (χ4n) is 4.79. The van der Waals surface area contributed by atoms with Crippen LogP contribution in [0.1, 0.15) is 43.2 Å². The van der Waals surface area contributed by atoms with Crippen molar-refractivity contribution in [2.24, 2.45) is 5.10 Å². The molecule has 0 heterocycles. The van der Waals surface area contributed by atoms with Gasteiger partial charge in [0.15, 0.2) is 6.61 Å². The number of hydrogen-bond acceptors (Lipinski definition) is 8. The van der Waals surface area contributed by atoms with Crippen LogP contribution in [0.25, 0.3) is 0 Å². The summed E-state index contributed by atoms with van der Waals surface area (Å²) < 4.78 is 44.7. The molecule has 3 aromatic carbocycles. The monoisotopic (exact) mass is 622 g/mol. The molecule has 234 valence electrons. The van der Waals surface area contributed by atoms with E-state index in [0.29, 0.717) is 17.1 Å². The lowest BCUT2D eigenvalue weighted by Gasteiger charge is -2.25. The molecule has 0 saturated heterocycles. The van der Waals surface area contributed by atoms with Gasteiger partial charge < -0.3 is 19.5 Å². The summed E-state index contributed by atoms with van der Waals surface area (Å²) in [6.45, 7) is 1.22. The van der Waals surface area contributed by atoms with Crippen LogP contribution >= 0.6 is 0 Å². The zero-order valence-electron chi connectivity index (χ0n) is 25.1. The molecule has 0 aliphatic heterocycles. The number of sulfonamides is 1. The molecular formula is C32H38N4O7S. The molecule has 1 aliphatic rings. The SMILES string of the molecule is COc1ccc(N(CC(=O)N/N=C\c2ccc(OCC(=O)NC3CCCCC3)cc2)S(=O)(=O)c2ccc(C)cc2)c(OC)c1. The zero-order chi connectivity index (χ0) is 31.5. The fourth-order valence-corrected chi connectivity index (χ4v) is 6.22. The highest BCUT2D eigenvalue weighted by atomic mass is 32.2. The lowest BCUT2D eigenvalue weighted by atomic mass is 9.95. The van der Waals surface area contributed by atoms with Gasteiger partial charge in [-0.1, -0.05) is 37.0 Å². The molecule has 2 amide bonds. The summed E-state index contributed by atoms with van der Waals surface area (Å²) in [7, 11) is -1.27. The second kappa shape index (κ2) is 15.2. The van der Waals surface area contributed by atoms with Crippen molar-refractivity contribution in [3.8, 4) is 17.2 Å². The van der Waals surface area contributed by atoms with Crippen molar-refractivity contribution in [1.29, 1.82) is 0 Å². The number of carbonyl (C=O) groups is 2. The number of carbonyl (C=O) groups excluding carboxylic acids is 2. The van der Waals surface area contributed by atoms with Gasteiger partial charge in [0.05, 0.1) is 31.0 Å². The molecule has 4 rings (SSSR count). The topological polar surface area (TPSA) is 136 Å². The number of hydrazone groups is 1. The minimum atomic E-state index is -4.16. The summed E-state index contributed by atoms with van der Waals surface area (Å²) in [5.41, 5.74) is 4.11. The first-order valence-electron chi connectivity index (χ1n) is 14.3. The Morgan fingerprint density at radius 3 is 2.25 bits per heavy atom. The number of anilines is 1. The molecule has 0 unspecified atom stereocenters. The molecule has 0 bridgehead atoms. The van der Waals surface area contributed by atoms with Crippen molar-refractivity contribution in [2.45, 2.75) is 50.0 Å². The van der Waals surface area contributed by atoms with Crippen molar-refractivity contribution in [1.82, 2.24) is 10.7 Å². The van der Waals surface area contributed by atoms with E-state index in [0.717, 1.165) is 35.6 Å². The predicted octanol–water partition coefficient (Wildman–Crippen LogP) is 4.19. The van der Waals surface area contributed by atoms with Gasteiger partial charge in [-0.25, -0.2) is 13.8 Å². The Morgan fingerprint density at radius 2 is 1.59 bits per heavy atom. The summed E-state index contributed by atoms with van der Waals surface area (Å²) in [5, 5.41) is 7.01. The van der Waals surface area contributed by atoms with Gasteiger partial charge in [0.1, 0.15) is 23.8 Å². The van der Waals surface area contributed by atoms with Crippen LogP contribution in [0.3, 0.4) is 0 Å². The number of benzene rings is 3. The molecule has 1 aliphatic carbocycles. The van der Waals surface area contributed by atoms with Gasteiger partial charge in [0, 0.05) is 12.1 Å². The Morgan fingerprint density at radius 1 is 0.909 bits per heavy atom. The van der Waals surface area contributed by atoms with Gasteiger partial charge in [-0.05, 0) is 73.9 Å². The van der Waals surface area contributed by atoms with Crippen LogP contribution in [0.4, 0.5) is 5.69 Å². The Labute approximate surface area is 258 Å². The van der Waals surface area contributed by atoms with E-state index in [1.54, 1.807) is 48.5 Å². The molecule has 0 atom stereocenters. The highest BCUT2D eigenvalue weighted by molar-refractivity contribution is 7.92. The number of aryl methyl sites for hydroxylation is 1. The van der Waals surface area contributed by atoms with E-state index in [1.807, 2.05) is 6.92 Å². The number of methoxy groups -OCH3 is 2. The van der Waals surface area contributed by atoms with E-state index in [4.69, 9.17) is 14.2 Å². The van der Waals surface area contributed by atoms with E-state index >= 15 is 0 Å². The smallest absolute Gasteiger partial charge is 0.264 e. The van der Waals surface area contributed by atoms with Gasteiger partial charge in [-0.15, -0.1) is 0 Å². The van der Waals surface area contributed by atoms with Crippen LogP contribution in [0, 0.1) is 6.92 Å². The molecule has 0 radical (unpaired) electrons. The van der Waals surface area contributed by atoms with Crippen LogP contribution in [-0.4, -0.2) is 59.9 Å². The quantitative estimate of drug-likeness (QED) is 0.216.